The number of hydrogen-bond acceptors (Lipinski definition) is 3. The number of benzene rings is 1. The van der Waals surface area contributed by atoms with Crippen LogP contribution in [0.2, 0.25) is 0 Å². The van der Waals surface area contributed by atoms with Gasteiger partial charge in [-0.3, -0.25) is 4.68 Å². The van der Waals surface area contributed by atoms with E-state index in [-0.39, 0.29) is 0 Å². The molecular weight excluding hydrogens is 306 g/mol. The second kappa shape index (κ2) is 6.73. The molecule has 0 amide bonds. The molecule has 0 unspecified atom stereocenters. The summed E-state index contributed by atoms with van der Waals surface area (Å²) in [7, 11) is 3.85. The molecule has 5 heteroatoms. The van der Waals surface area contributed by atoms with Gasteiger partial charge in [-0.1, -0.05) is 6.07 Å². The molecule has 0 saturated heterocycles. The van der Waals surface area contributed by atoms with E-state index in [1.165, 1.54) is 11.1 Å². The van der Waals surface area contributed by atoms with Gasteiger partial charge in [0.1, 0.15) is 5.75 Å². The van der Waals surface area contributed by atoms with Crippen molar-refractivity contribution in [2.24, 2.45) is 7.05 Å². The Morgan fingerprint density at radius 1 is 1.37 bits per heavy atom. The van der Waals surface area contributed by atoms with Gasteiger partial charge in [-0.05, 0) is 46.2 Å². The summed E-state index contributed by atoms with van der Waals surface area (Å²) in [5.74, 6) is 0.878. The molecule has 0 atom stereocenters. The van der Waals surface area contributed by atoms with Crippen molar-refractivity contribution in [3.8, 4) is 5.75 Å². The van der Waals surface area contributed by atoms with Crippen molar-refractivity contribution >= 4 is 15.9 Å². The van der Waals surface area contributed by atoms with Crippen LogP contribution in [0.5, 0.6) is 5.75 Å². The standard InChI is InChI=1S/C14H18BrN3O/c1-16-8-11-3-4-14(13(15)7-11)19-6-5-12-9-17-18(2)10-12/h3-4,7,9-10,16H,5-6,8H2,1-2H3. The van der Waals surface area contributed by atoms with E-state index in [9.17, 15) is 0 Å². The van der Waals surface area contributed by atoms with Crippen molar-refractivity contribution < 1.29 is 4.74 Å². The average molecular weight is 324 g/mol. The van der Waals surface area contributed by atoms with E-state index < -0.39 is 0 Å². The first-order valence-corrected chi connectivity index (χ1v) is 7.01. The molecular formula is C14H18BrN3O. The molecule has 2 aromatic rings. The molecule has 102 valence electrons. The van der Waals surface area contributed by atoms with Crippen molar-refractivity contribution in [2.45, 2.75) is 13.0 Å². The molecule has 1 aromatic heterocycles. The minimum absolute atomic E-state index is 0.648. The van der Waals surface area contributed by atoms with E-state index in [4.69, 9.17) is 4.74 Å². The number of nitrogens with zero attached hydrogens (tertiary/aromatic N) is 2. The Morgan fingerprint density at radius 3 is 2.84 bits per heavy atom. The van der Waals surface area contributed by atoms with Crippen LogP contribution in [0.25, 0.3) is 0 Å². The van der Waals surface area contributed by atoms with Crippen LogP contribution in [0, 0.1) is 0 Å². The van der Waals surface area contributed by atoms with E-state index >= 15 is 0 Å². The number of halogens is 1. The predicted octanol–water partition coefficient (Wildman–Crippen LogP) is 2.52. The Hall–Kier alpha value is -1.33. The van der Waals surface area contributed by atoms with Crippen LogP contribution in [0.1, 0.15) is 11.1 Å². The number of aryl methyl sites for hydroxylation is 1. The van der Waals surface area contributed by atoms with Crippen molar-refractivity contribution in [3.05, 3.63) is 46.2 Å². The van der Waals surface area contributed by atoms with E-state index in [2.05, 4.69) is 38.5 Å². The number of hydrogen-bond donors (Lipinski definition) is 1. The number of rotatable bonds is 6. The van der Waals surface area contributed by atoms with Crippen LogP contribution < -0.4 is 10.1 Å². The lowest BCUT2D eigenvalue weighted by molar-refractivity contribution is 0.320. The Kier molecular flexibility index (Phi) is 4.99. The summed E-state index contributed by atoms with van der Waals surface area (Å²) in [6.07, 6.45) is 4.74. The normalized spacial score (nSPS) is 10.7. The fourth-order valence-corrected chi connectivity index (χ4v) is 2.40. The smallest absolute Gasteiger partial charge is 0.133 e. The Balaban J connectivity index is 1.89. The maximum absolute atomic E-state index is 5.78. The van der Waals surface area contributed by atoms with Crippen molar-refractivity contribution in [2.75, 3.05) is 13.7 Å². The molecule has 0 aliphatic carbocycles. The quantitative estimate of drug-likeness (QED) is 0.887. The van der Waals surface area contributed by atoms with E-state index in [1.54, 1.807) is 4.68 Å². The number of nitrogens with one attached hydrogen (secondary N) is 1. The van der Waals surface area contributed by atoms with Gasteiger partial charge >= 0.3 is 0 Å². The van der Waals surface area contributed by atoms with Gasteiger partial charge in [-0.15, -0.1) is 0 Å². The first-order valence-electron chi connectivity index (χ1n) is 6.22. The zero-order valence-corrected chi connectivity index (χ0v) is 12.8. The molecule has 0 radical (unpaired) electrons. The van der Waals surface area contributed by atoms with Crippen LogP contribution in [0.15, 0.2) is 35.1 Å². The van der Waals surface area contributed by atoms with Gasteiger partial charge in [-0.2, -0.15) is 5.10 Å². The SMILES string of the molecule is CNCc1ccc(OCCc2cnn(C)c2)c(Br)c1. The third-order valence-electron chi connectivity index (χ3n) is 2.78. The second-order valence-corrected chi connectivity index (χ2v) is 5.27. The lowest BCUT2D eigenvalue weighted by Crippen LogP contribution is -2.05. The Morgan fingerprint density at radius 2 is 2.21 bits per heavy atom. The van der Waals surface area contributed by atoms with Gasteiger partial charge in [0.05, 0.1) is 17.3 Å². The molecule has 0 saturated carbocycles. The highest BCUT2D eigenvalue weighted by atomic mass is 79.9. The molecule has 1 heterocycles. The van der Waals surface area contributed by atoms with Crippen LogP contribution in [0.3, 0.4) is 0 Å². The predicted molar refractivity (Wildman–Crippen MR) is 79.3 cm³/mol. The largest absolute Gasteiger partial charge is 0.492 e. The minimum Gasteiger partial charge on any atom is -0.492 e. The molecule has 1 N–H and O–H groups in total. The Labute approximate surface area is 121 Å². The monoisotopic (exact) mass is 323 g/mol. The highest BCUT2D eigenvalue weighted by Gasteiger charge is 2.03. The Bertz CT molecular complexity index is 539. The molecule has 0 aliphatic rings. The minimum atomic E-state index is 0.648. The third-order valence-corrected chi connectivity index (χ3v) is 3.40. The average Bonchev–Trinajstić information content (AvgIpc) is 2.78. The maximum Gasteiger partial charge on any atom is 0.133 e. The van der Waals surface area contributed by atoms with Crippen molar-refractivity contribution in [1.82, 2.24) is 15.1 Å². The van der Waals surface area contributed by atoms with Gasteiger partial charge < -0.3 is 10.1 Å². The maximum atomic E-state index is 5.78. The van der Waals surface area contributed by atoms with Crippen molar-refractivity contribution in [3.63, 3.8) is 0 Å². The van der Waals surface area contributed by atoms with E-state index in [0.717, 1.165) is 23.2 Å². The van der Waals surface area contributed by atoms with Gasteiger partial charge in [0, 0.05) is 26.2 Å². The number of ether oxygens (including phenoxy) is 1. The van der Waals surface area contributed by atoms with E-state index in [1.807, 2.05) is 32.6 Å². The molecule has 19 heavy (non-hydrogen) atoms. The van der Waals surface area contributed by atoms with Crippen LogP contribution in [0.4, 0.5) is 0 Å². The lowest BCUT2D eigenvalue weighted by Gasteiger charge is -2.09. The van der Waals surface area contributed by atoms with Gasteiger partial charge in [0.25, 0.3) is 0 Å². The van der Waals surface area contributed by atoms with Crippen LogP contribution >= 0.6 is 15.9 Å². The van der Waals surface area contributed by atoms with Crippen LogP contribution in [-0.4, -0.2) is 23.4 Å². The lowest BCUT2D eigenvalue weighted by atomic mass is 10.2. The summed E-state index contributed by atoms with van der Waals surface area (Å²) in [6.45, 7) is 1.50. The summed E-state index contributed by atoms with van der Waals surface area (Å²) in [6, 6.07) is 6.15. The van der Waals surface area contributed by atoms with Crippen LogP contribution in [-0.2, 0) is 20.0 Å². The zero-order chi connectivity index (χ0) is 13.7. The molecule has 1 aromatic carbocycles. The van der Waals surface area contributed by atoms with Crippen molar-refractivity contribution in [1.29, 1.82) is 0 Å². The summed E-state index contributed by atoms with van der Waals surface area (Å²) >= 11 is 3.54. The summed E-state index contributed by atoms with van der Waals surface area (Å²) in [5, 5.41) is 7.26. The first-order chi connectivity index (χ1) is 9.19. The fourth-order valence-electron chi connectivity index (χ4n) is 1.86. The fraction of sp³-hybridized carbons (Fsp3) is 0.357. The molecule has 0 aliphatic heterocycles. The summed E-state index contributed by atoms with van der Waals surface area (Å²) in [5.41, 5.74) is 2.42. The topological polar surface area (TPSA) is 39.1 Å². The first kappa shape index (κ1) is 14.1. The highest BCUT2D eigenvalue weighted by Crippen LogP contribution is 2.26. The molecule has 4 nitrogen and oxygen atoms in total. The molecule has 2 rings (SSSR count). The zero-order valence-electron chi connectivity index (χ0n) is 11.2. The molecule has 0 spiro atoms. The number of aromatic nitrogens is 2. The molecule has 0 bridgehead atoms. The van der Waals surface area contributed by atoms with Gasteiger partial charge in [0.15, 0.2) is 0 Å². The van der Waals surface area contributed by atoms with Gasteiger partial charge in [-0.25, -0.2) is 0 Å². The highest BCUT2D eigenvalue weighted by molar-refractivity contribution is 9.10. The molecule has 0 fully saturated rings. The second-order valence-electron chi connectivity index (χ2n) is 4.42. The third kappa shape index (κ3) is 4.08. The summed E-state index contributed by atoms with van der Waals surface area (Å²) < 4.78 is 8.57. The summed E-state index contributed by atoms with van der Waals surface area (Å²) in [4.78, 5) is 0. The van der Waals surface area contributed by atoms with E-state index in [0.29, 0.717) is 6.61 Å². The van der Waals surface area contributed by atoms with Gasteiger partial charge in [0.2, 0.25) is 0 Å².